The van der Waals surface area contributed by atoms with Crippen molar-refractivity contribution < 1.29 is 18.4 Å². The molecule has 3 N–H and O–H groups in total. The van der Waals surface area contributed by atoms with Crippen molar-refractivity contribution >= 4 is 11.8 Å². The van der Waals surface area contributed by atoms with Gasteiger partial charge in [-0.1, -0.05) is 19.9 Å². The molecule has 132 valence electrons. The van der Waals surface area contributed by atoms with Gasteiger partial charge in [-0.15, -0.1) is 0 Å². The molecule has 5 nitrogen and oxygen atoms in total. The second-order valence-electron chi connectivity index (χ2n) is 6.33. The smallest absolute Gasteiger partial charge is 0.257 e. The summed E-state index contributed by atoms with van der Waals surface area (Å²) in [4.78, 5) is 24.5. The minimum absolute atomic E-state index is 0.222. The quantitative estimate of drug-likeness (QED) is 0.737. The zero-order valence-corrected chi connectivity index (χ0v) is 13.9. The van der Waals surface area contributed by atoms with E-state index < -0.39 is 29.1 Å². The lowest BCUT2D eigenvalue weighted by atomic mass is 10.0. The van der Waals surface area contributed by atoms with E-state index in [4.69, 9.17) is 0 Å². The van der Waals surface area contributed by atoms with Crippen molar-refractivity contribution in [3.8, 4) is 0 Å². The first-order valence-corrected chi connectivity index (χ1v) is 8.16. The normalized spacial score (nSPS) is 18.5. The van der Waals surface area contributed by atoms with Gasteiger partial charge in [-0.3, -0.25) is 9.59 Å². The molecule has 1 aromatic rings. The van der Waals surface area contributed by atoms with Crippen molar-refractivity contribution in [2.45, 2.75) is 38.8 Å². The van der Waals surface area contributed by atoms with E-state index >= 15 is 0 Å². The van der Waals surface area contributed by atoms with Crippen LogP contribution in [0.1, 0.15) is 37.0 Å². The van der Waals surface area contributed by atoms with Crippen LogP contribution < -0.4 is 16.0 Å². The van der Waals surface area contributed by atoms with Gasteiger partial charge < -0.3 is 16.0 Å². The molecule has 0 radical (unpaired) electrons. The maximum Gasteiger partial charge on any atom is 0.257 e. The number of hydrogen-bond acceptors (Lipinski definition) is 3. The van der Waals surface area contributed by atoms with Gasteiger partial charge in [0.15, 0.2) is 0 Å². The molecule has 1 fully saturated rings. The fraction of sp³-hybridized carbons (Fsp3) is 0.529. The highest BCUT2D eigenvalue weighted by molar-refractivity contribution is 5.98. The number of carbonyl (C=O) groups excluding carboxylic acids is 2. The number of amides is 2. The summed E-state index contributed by atoms with van der Waals surface area (Å²) in [6.07, 6.45) is 2.05. The van der Waals surface area contributed by atoms with Crippen LogP contribution in [0, 0.1) is 17.6 Å². The molecule has 1 aliphatic rings. The van der Waals surface area contributed by atoms with Crippen LogP contribution in [0.4, 0.5) is 8.78 Å². The monoisotopic (exact) mass is 339 g/mol. The molecule has 1 heterocycles. The van der Waals surface area contributed by atoms with Gasteiger partial charge in [-0.05, 0) is 37.4 Å². The lowest BCUT2D eigenvalue weighted by Gasteiger charge is -2.23. The molecule has 2 amide bonds. The molecule has 0 aliphatic carbocycles. The highest BCUT2D eigenvalue weighted by atomic mass is 19.1. The zero-order valence-electron chi connectivity index (χ0n) is 13.9. The van der Waals surface area contributed by atoms with Crippen molar-refractivity contribution in [3.05, 3.63) is 35.4 Å². The predicted molar refractivity (Wildman–Crippen MR) is 86.5 cm³/mol. The Bertz CT molecular complexity index is 581. The maximum absolute atomic E-state index is 13.7. The Labute approximate surface area is 140 Å². The number of rotatable bonds is 6. The van der Waals surface area contributed by atoms with E-state index in [1.165, 1.54) is 6.07 Å². The van der Waals surface area contributed by atoms with Gasteiger partial charge in [0.1, 0.15) is 23.2 Å². The first-order chi connectivity index (χ1) is 11.4. The zero-order chi connectivity index (χ0) is 17.7. The van der Waals surface area contributed by atoms with Crippen molar-refractivity contribution in [1.82, 2.24) is 16.0 Å². The SMILES string of the molecule is CC(C)C(NC(=O)c1c(F)cccc1F)C(=O)NCC1CCCN1. The van der Waals surface area contributed by atoms with Gasteiger partial charge in [0, 0.05) is 12.6 Å². The first-order valence-electron chi connectivity index (χ1n) is 8.16. The molecule has 2 atom stereocenters. The van der Waals surface area contributed by atoms with Crippen molar-refractivity contribution in [2.24, 2.45) is 5.92 Å². The summed E-state index contributed by atoms with van der Waals surface area (Å²) in [6.45, 7) is 4.91. The van der Waals surface area contributed by atoms with E-state index in [1.807, 2.05) is 0 Å². The molecule has 7 heteroatoms. The average Bonchev–Trinajstić information content (AvgIpc) is 3.03. The molecule has 1 aromatic carbocycles. The maximum atomic E-state index is 13.7. The second-order valence-corrected chi connectivity index (χ2v) is 6.33. The third-order valence-corrected chi connectivity index (χ3v) is 4.11. The highest BCUT2D eigenvalue weighted by Gasteiger charge is 2.27. The van der Waals surface area contributed by atoms with E-state index in [1.54, 1.807) is 13.8 Å². The molecule has 2 rings (SSSR count). The summed E-state index contributed by atoms with van der Waals surface area (Å²) in [5.41, 5.74) is -0.673. The topological polar surface area (TPSA) is 70.2 Å². The number of halogens is 2. The van der Waals surface area contributed by atoms with Gasteiger partial charge >= 0.3 is 0 Å². The molecular weight excluding hydrogens is 316 g/mol. The van der Waals surface area contributed by atoms with Crippen LogP contribution in [0.3, 0.4) is 0 Å². The second kappa shape index (κ2) is 8.19. The third kappa shape index (κ3) is 4.50. The predicted octanol–water partition coefficient (Wildman–Crippen LogP) is 1.59. The molecular formula is C17H23F2N3O2. The minimum atomic E-state index is -0.953. The molecule has 1 saturated heterocycles. The van der Waals surface area contributed by atoms with Crippen LogP contribution in [0.2, 0.25) is 0 Å². The standard InChI is InChI=1S/C17H23F2N3O2/c1-10(2)15(17(24)21-9-11-5-4-8-20-11)22-16(23)14-12(18)6-3-7-13(14)19/h3,6-7,10-11,15,20H,4-5,8-9H2,1-2H3,(H,21,24)(H,22,23). The summed E-state index contributed by atoms with van der Waals surface area (Å²) < 4.78 is 27.4. The average molecular weight is 339 g/mol. The molecule has 0 bridgehead atoms. The minimum Gasteiger partial charge on any atom is -0.353 e. The van der Waals surface area contributed by atoms with Crippen molar-refractivity contribution in [2.75, 3.05) is 13.1 Å². The Kier molecular flexibility index (Phi) is 6.25. The van der Waals surface area contributed by atoms with Crippen molar-refractivity contribution in [3.63, 3.8) is 0 Å². The summed E-state index contributed by atoms with van der Waals surface area (Å²) in [5.74, 6) is -3.42. The molecule has 2 unspecified atom stereocenters. The third-order valence-electron chi connectivity index (χ3n) is 4.11. The Morgan fingerprint density at radius 1 is 1.29 bits per heavy atom. The van der Waals surface area contributed by atoms with Gasteiger partial charge in [0.25, 0.3) is 5.91 Å². The van der Waals surface area contributed by atoms with Gasteiger partial charge in [-0.25, -0.2) is 8.78 Å². The van der Waals surface area contributed by atoms with Crippen LogP contribution in [-0.4, -0.2) is 37.0 Å². The van der Waals surface area contributed by atoms with Crippen LogP contribution in [0.5, 0.6) is 0 Å². The fourth-order valence-corrected chi connectivity index (χ4v) is 2.73. The van der Waals surface area contributed by atoms with Gasteiger partial charge in [0.2, 0.25) is 5.91 Å². The fourth-order valence-electron chi connectivity index (χ4n) is 2.73. The molecule has 0 saturated carbocycles. The van der Waals surface area contributed by atoms with Crippen LogP contribution in [0.15, 0.2) is 18.2 Å². The highest BCUT2D eigenvalue weighted by Crippen LogP contribution is 2.13. The van der Waals surface area contributed by atoms with Crippen LogP contribution in [0.25, 0.3) is 0 Å². The Morgan fingerprint density at radius 3 is 2.50 bits per heavy atom. The van der Waals surface area contributed by atoms with Gasteiger partial charge in [-0.2, -0.15) is 0 Å². The summed E-state index contributed by atoms with van der Waals surface area (Å²) in [5, 5.41) is 8.49. The van der Waals surface area contributed by atoms with Crippen LogP contribution in [-0.2, 0) is 4.79 Å². The lowest BCUT2D eigenvalue weighted by Crippen LogP contribution is -2.51. The molecule has 1 aliphatic heterocycles. The van der Waals surface area contributed by atoms with E-state index in [0.29, 0.717) is 6.54 Å². The van der Waals surface area contributed by atoms with E-state index in [0.717, 1.165) is 31.5 Å². The lowest BCUT2D eigenvalue weighted by molar-refractivity contribution is -0.124. The van der Waals surface area contributed by atoms with Gasteiger partial charge in [0.05, 0.1) is 0 Å². The number of hydrogen-bond donors (Lipinski definition) is 3. The number of carbonyl (C=O) groups is 2. The van der Waals surface area contributed by atoms with Crippen molar-refractivity contribution in [1.29, 1.82) is 0 Å². The first kappa shape index (κ1) is 18.3. The van der Waals surface area contributed by atoms with E-state index in [-0.39, 0.29) is 17.9 Å². The summed E-state index contributed by atoms with van der Waals surface area (Å²) >= 11 is 0. The largest absolute Gasteiger partial charge is 0.353 e. The van der Waals surface area contributed by atoms with E-state index in [2.05, 4.69) is 16.0 Å². The van der Waals surface area contributed by atoms with E-state index in [9.17, 15) is 18.4 Å². The Balaban J connectivity index is 2.01. The number of nitrogens with one attached hydrogen (secondary N) is 3. The summed E-state index contributed by atoms with van der Waals surface area (Å²) in [7, 11) is 0. The summed E-state index contributed by atoms with van der Waals surface area (Å²) in [6, 6.07) is 2.56. The molecule has 0 aromatic heterocycles. The Hall–Kier alpha value is -2.02. The Morgan fingerprint density at radius 2 is 1.96 bits per heavy atom. The molecule has 0 spiro atoms. The number of benzene rings is 1. The molecule has 24 heavy (non-hydrogen) atoms. The van der Waals surface area contributed by atoms with Crippen LogP contribution >= 0.6 is 0 Å².